The van der Waals surface area contributed by atoms with E-state index in [1.807, 2.05) is 13.0 Å². The van der Waals surface area contributed by atoms with Crippen LogP contribution in [-0.4, -0.2) is 78.9 Å². The molecule has 3 rings (SSSR count). The highest BCUT2D eigenvalue weighted by Gasteiger charge is 2.21. The fraction of sp³-hybridized carbons (Fsp3) is 0.625. The van der Waals surface area contributed by atoms with E-state index in [-0.39, 0.29) is 6.17 Å². The van der Waals surface area contributed by atoms with Crippen molar-refractivity contribution in [3.05, 3.63) is 35.7 Å². The Kier molecular flexibility index (Phi) is 10.6. The molecule has 0 bridgehead atoms. The smallest absolute Gasteiger partial charge is 0.320 e. The molecular formula is C24H38N6O3. The van der Waals surface area contributed by atoms with Gasteiger partial charge in [0.2, 0.25) is 0 Å². The van der Waals surface area contributed by atoms with Crippen LogP contribution in [0.2, 0.25) is 0 Å². The molecule has 0 saturated heterocycles. The van der Waals surface area contributed by atoms with E-state index in [0.29, 0.717) is 26.2 Å². The molecule has 3 heterocycles. The Hall–Kier alpha value is -2.49. The van der Waals surface area contributed by atoms with Gasteiger partial charge in [0.25, 0.3) is 0 Å². The Labute approximate surface area is 196 Å². The summed E-state index contributed by atoms with van der Waals surface area (Å²) in [6.45, 7) is 6.75. The van der Waals surface area contributed by atoms with E-state index >= 15 is 0 Å². The first-order valence-electron chi connectivity index (χ1n) is 12.1. The fourth-order valence-corrected chi connectivity index (χ4v) is 4.09. The quantitative estimate of drug-likeness (QED) is 0.296. The summed E-state index contributed by atoms with van der Waals surface area (Å²) < 4.78 is 5.54. The van der Waals surface area contributed by atoms with Gasteiger partial charge in [0.15, 0.2) is 0 Å². The second-order valence-electron chi connectivity index (χ2n) is 8.45. The summed E-state index contributed by atoms with van der Waals surface area (Å²) in [6.07, 6.45) is 10.7. The third kappa shape index (κ3) is 8.75. The zero-order valence-corrected chi connectivity index (χ0v) is 19.6. The van der Waals surface area contributed by atoms with Gasteiger partial charge in [-0.3, -0.25) is 10.1 Å². The number of rotatable bonds is 15. The number of ether oxygens (including phenoxy) is 1. The van der Waals surface area contributed by atoms with Crippen molar-refractivity contribution in [3.63, 3.8) is 0 Å². The van der Waals surface area contributed by atoms with E-state index in [9.17, 15) is 9.90 Å². The summed E-state index contributed by atoms with van der Waals surface area (Å²) in [4.78, 5) is 22.8. The number of unbranched alkanes of at least 4 members (excludes halogenated alkanes) is 1. The maximum Gasteiger partial charge on any atom is 0.320 e. The molecule has 4 N–H and O–H groups in total. The number of nitrogens with one attached hydrogen (secondary N) is 3. The highest BCUT2D eigenvalue weighted by molar-refractivity contribution is 5.73. The number of nitrogens with zero attached hydrogens (tertiary/aromatic N) is 3. The SMILES string of the molecule is CCOCCN(CCCCc1ccc2c(n1)NCCC2)CCC(NC1C=CN=CN1)C(=O)O. The van der Waals surface area contributed by atoms with Gasteiger partial charge in [-0.25, -0.2) is 9.98 Å². The molecule has 0 fully saturated rings. The molecule has 0 aliphatic carbocycles. The summed E-state index contributed by atoms with van der Waals surface area (Å²) in [5, 5.41) is 19.2. The van der Waals surface area contributed by atoms with Crippen LogP contribution in [0, 0.1) is 0 Å². The molecule has 0 amide bonds. The number of carboxylic acids is 1. The summed E-state index contributed by atoms with van der Waals surface area (Å²) in [7, 11) is 0. The maximum absolute atomic E-state index is 11.8. The van der Waals surface area contributed by atoms with Crippen molar-refractivity contribution in [1.29, 1.82) is 0 Å². The maximum atomic E-state index is 11.8. The van der Waals surface area contributed by atoms with Crippen molar-refractivity contribution < 1.29 is 14.6 Å². The number of hydrogen-bond acceptors (Lipinski definition) is 8. The third-order valence-electron chi connectivity index (χ3n) is 5.97. The number of carboxylic acid groups (broad SMARTS) is 1. The largest absolute Gasteiger partial charge is 0.480 e. The van der Waals surface area contributed by atoms with Crippen LogP contribution < -0.4 is 16.0 Å². The molecule has 0 saturated carbocycles. The number of carbonyl (C=O) groups is 1. The molecule has 0 spiro atoms. The lowest BCUT2D eigenvalue weighted by Gasteiger charge is -2.26. The van der Waals surface area contributed by atoms with E-state index < -0.39 is 12.0 Å². The molecule has 2 atom stereocenters. The molecule has 2 aliphatic rings. The van der Waals surface area contributed by atoms with Crippen molar-refractivity contribution in [1.82, 2.24) is 20.5 Å². The molecule has 33 heavy (non-hydrogen) atoms. The van der Waals surface area contributed by atoms with Crippen molar-refractivity contribution in [2.24, 2.45) is 4.99 Å². The highest BCUT2D eigenvalue weighted by Crippen LogP contribution is 2.20. The van der Waals surface area contributed by atoms with Crippen LogP contribution in [0.15, 0.2) is 29.4 Å². The minimum atomic E-state index is -0.843. The van der Waals surface area contributed by atoms with E-state index in [0.717, 1.165) is 56.8 Å². The predicted molar refractivity (Wildman–Crippen MR) is 131 cm³/mol. The van der Waals surface area contributed by atoms with Crippen LogP contribution in [-0.2, 0) is 22.4 Å². The predicted octanol–water partition coefficient (Wildman–Crippen LogP) is 2.01. The Morgan fingerprint density at radius 1 is 1.33 bits per heavy atom. The number of pyridine rings is 1. The number of aliphatic imine (C=N–C) groups is 1. The topological polar surface area (TPSA) is 111 Å². The average Bonchev–Trinajstić information content (AvgIpc) is 2.84. The van der Waals surface area contributed by atoms with Gasteiger partial charge < -0.3 is 25.4 Å². The number of aryl methyl sites for hydroxylation is 2. The number of aliphatic carboxylic acids is 1. The van der Waals surface area contributed by atoms with Crippen LogP contribution in [0.3, 0.4) is 0 Å². The minimum Gasteiger partial charge on any atom is -0.480 e. The number of anilines is 1. The highest BCUT2D eigenvalue weighted by atomic mass is 16.5. The molecule has 182 valence electrons. The summed E-state index contributed by atoms with van der Waals surface area (Å²) in [5.74, 6) is 0.211. The Morgan fingerprint density at radius 2 is 2.24 bits per heavy atom. The number of hydrogen-bond donors (Lipinski definition) is 4. The van der Waals surface area contributed by atoms with E-state index in [1.165, 1.54) is 12.0 Å². The van der Waals surface area contributed by atoms with Crippen molar-refractivity contribution in [3.8, 4) is 0 Å². The van der Waals surface area contributed by atoms with Crippen molar-refractivity contribution in [2.45, 2.75) is 57.7 Å². The monoisotopic (exact) mass is 458 g/mol. The molecular weight excluding hydrogens is 420 g/mol. The normalized spacial score (nSPS) is 17.9. The van der Waals surface area contributed by atoms with Gasteiger partial charge in [0.05, 0.1) is 19.1 Å². The standard InChI is InChI=1S/C24H38N6O3/c1-2-33-17-16-30(15-11-21(24(31)32)29-22-10-13-25-18-27-22)14-4-3-7-20-9-8-19-6-5-12-26-23(19)28-20/h8-10,13,18,21-22,29H,2-7,11-12,14-17H2,1H3,(H,25,27)(H,26,28)(H,31,32). The lowest BCUT2D eigenvalue weighted by Crippen LogP contribution is -2.50. The van der Waals surface area contributed by atoms with E-state index in [2.05, 4.69) is 38.0 Å². The second kappa shape index (κ2) is 13.9. The Bertz CT molecular complexity index is 800. The molecule has 2 aliphatic heterocycles. The van der Waals surface area contributed by atoms with Crippen molar-refractivity contribution in [2.75, 3.05) is 44.7 Å². The Balaban J connectivity index is 1.44. The van der Waals surface area contributed by atoms with Gasteiger partial charge in [-0.1, -0.05) is 6.07 Å². The first kappa shape index (κ1) is 25.1. The van der Waals surface area contributed by atoms with Gasteiger partial charge in [0, 0.05) is 38.1 Å². The fourth-order valence-electron chi connectivity index (χ4n) is 4.09. The lowest BCUT2D eigenvalue weighted by atomic mass is 10.1. The molecule has 1 aromatic rings. The zero-order valence-electron chi connectivity index (χ0n) is 19.6. The molecule has 1 aromatic heterocycles. The van der Waals surface area contributed by atoms with Gasteiger partial charge >= 0.3 is 5.97 Å². The van der Waals surface area contributed by atoms with Gasteiger partial charge in [-0.2, -0.15) is 0 Å². The first-order valence-corrected chi connectivity index (χ1v) is 12.1. The van der Waals surface area contributed by atoms with Crippen LogP contribution in [0.4, 0.5) is 5.82 Å². The van der Waals surface area contributed by atoms with E-state index in [1.54, 1.807) is 12.5 Å². The number of aromatic nitrogens is 1. The molecule has 9 heteroatoms. The minimum absolute atomic E-state index is 0.223. The van der Waals surface area contributed by atoms with Crippen molar-refractivity contribution >= 4 is 18.1 Å². The van der Waals surface area contributed by atoms with Crippen LogP contribution in [0.1, 0.15) is 43.9 Å². The van der Waals surface area contributed by atoms with Crippen LogP contribution >= 0.6 is 0 Å². The average molecular weight is 459 g/mol. The van der Waals surface area contributed by atoms with Crippen LogP contribution in [0.5, 0.6) is 0 Å². The molecule has 9 nitrogen and oxygen atoms in total. The molecule has 0 aromatic carbocycles. The van der Waals surface area contributed by atoms with Gasteiger partial charge in [0.1, 0.15) is 11.9 Å². The number of fused-ring (bicyclic) bond motifs is 1. The summed E-state index contributed by atoms with van der Waals surface area (Å²) in [6, 6.07) is 3.72. The Morgan fingerprint density at radius 3 is 3.03 bits per heavy atom. The lowest BCUT2D eigenvalue weighted by molar-refractivity contribution is -0.140. The van der Waals surface area contributed by atoms with Gasteiger partial charge in [-0.15, -0.1) is 0 Å². The third-order valence-corrected chi connectivity index (χ3v) is 5.97. The van der Waals surface area contributed by atoms with Gasteiger partial charge in [-0.05, 0) is 69.7 Å². The zero-order chi connectivity index (χ0) is 23.3. The molecule has 0 radical (unpaired) electrons. The molecule has 2 unspecified atom stereocenters. The first-order chi connectivity index (χ1) is 16.2. The van der Waals surface area contributed by atoms with E-state index in [4.69, 9.17) is 9.72 Å². The van der Waals surface area contributed by atoms with Crippen LogP contribution in [0.25, 0.3) is 0 Å². The summed E-state index contributed by atoms with van der Waals surface area (Å²) in [5.41, 5.74) is 2.45. The second-order valence-corrected chi connectivity index (χ2v) is 8.45. The summed E-state index contributed by atoms with van der Waals surface area (Å²) >= 11 is 0.